The predicted molar refractivity (Wildman–Crippen MR) is 110 cm³/mol. The van der Waals surface area contributed by atoms with E-state index in [0.717, 1.165) is 28.0 Å². The SMILES string of the molecule is CC(C)(C)OC(=O)N1C[C@@H]2NC(=O)N(c3nc4c5c(ccc4s3)OCC5)[C@@H]2[C@@H](F)C1. The second-order valence-corrected chi connectivity index (χ2v) is 9.81. The fourth-order valence-electron chi connectivity index (χ4n) is 4.28. The van der Waals surface area contributed by atoms with Crippen molar-refractivity contribution in [3.8, 4) is 5.75 Å². The fourth-order valence-corrected chi connectivity index (χ4v) is 5.32. The first-order chi connectivity index (χ1) is 14.2. The lowest BCUT2D eigenvalue weighted by atomic mass is 9.99. The molecule has 0 unspecified atom stereocenters. The van der Waals surface area contributed by atoms with Crippen LogP contribution >= 0.6 is 11.3 Å². The summed E-state index contributed by atoms with van der Waals surface area (Å²) in [5.41, 5.74) is 1.17. The second-order valence-electron chi connectivity index (χ2n) is 8.80. The van der Waals surface area contributed by atoms with E-state index in [1.807, 2.05) is 12.1 Å². The minimum Gasteiger partial charge on any atom is -0.493 e. The number of fused-ring (bicyclic) bond motifs is 4. The summed E-state index contributed by atoms with van der Waals surface area (Å²) in [5, 5.41) is 3.28. The molecule has 160 valence electrons. The van der Waals surface area contributed by atoms with Gasteiger partial charge >= 0.3 is 12.1 Å². The van der Waals surface area contributed by atoms with E-state index in [-0.39, 0.29) is 13.1 Å². The van der Waals surface area contributed by atoms with Gasteiger partial charge in [-0.25, -0.2) is 19.0 Å². The van der Waals surface area contributed by atoms with Crippen molar-refractivity contribution in [2.24, 2.45) is 0 Å². The molecule has 0 spiro atoms. The average Bonchev–Trinajstić information content (AvgIpc) is 3.34. The van der Waals surface area contributed by atoms with Gasteiger partial charge in [0.15, 0.2) is 5.13 Å². The van der Waals surface area contributed by atoms with Gasteiger partial charge in [0.1, 0.15) is 17.5 Å². The van der Waals surface area contributed by atoms with Crippen molar-refractivity contribution in [1.29, 1.82) is 0 Å². The number of carbonyl (C=O) groups excluding carboxylic acids is 2. The highest BCUT2D eigenvalue weighted by Gasteiger charge is 2.51. The number of piperidine rings is 1. The number of likely N-dealkylation sites (tertiary alicyclic amines) is 1. The lowest BCUT2D eigenvalue weighted by molar-refractivity contribution is 0.00906. The van der Waals surface area contributed by atoms with Gasteiger partial charge in [0.2, 0.25) is 0 Å². The number of hydrogen-bond donors (Lipinski definition) is 1. The van der Waals surface area contributed by atoms with Crippen molar-refractivity contribution in [2.75, 3.05) is 24.6 Å². The van der Waals surface area contributed by atoms with Crippen molar-refractivity contribution in [3.05, 3.63) is 17.7 Å². The van der Waals surface area contributed by atoms with Gasteiger partial charge < -0.3 is 19.7 Å². The highest BCUT2D eigenvalue weighted by molar-refractivity contribution is 7.22. The van der Waals surface area contributed by atoms with Crippen LogP contribution in [0.15, 0.2) is 12.1 Å². The van der Waals surface area contributed by atoms with Gasteiger partial charge in [0.25, 0.3) is 0 Å². The quantitative estimate of drug-likeness (QED) is 0.746. The Balaban J connectivity index is 1.42. The average molecular weight is 434 g/mol. The third-order valence-electron chi connectivity index (χ3n) is 5.50. The molecule has 1 aromatic heterocycles. The second kappa shape index (κ2) is 6.69. The summed E-state index contributed by atoms with van der Waals surface area (Å²) in [6.45, 7) is 5.96. The number of urea groups is 1. The number of nitrogens with one attached hydrogen (secondary N) is 1. The van der Waals surface area contributed by atoms with E-state index in [2.05, 4.69) is 10.3 Å². The van der Waals surface area contributed by atoms with Crippen LogP contribution in [0.3, 0.4) is 0 Å². The smallest absolute Gasteiger partial charge is 0.410 e. The summed E-state index contributed by atoms with van der Waals surface area (Å²) in [5.74, 6) is 0.817. The molecule has 3 amide bonds. The Morgan fingerprint density at radius 2 is 2.17 bits per heavy atom. The van der Waals surface area contributed by atoms with E-state index in [1.54, 1.807) is 20.8 Å². The number of aromatic nitrogens is 1. The van der Waals surface area contributed by atoms with Gasteiger partial charge in [-0.1, -0.05) is 11.3 Å². The molecule has 0 aliphatic carbocycles. The molecule has 10 heteroatoms. The van der Waals surface area contributed by atoms with Crippen molar-refractivity contribution in [2.45, 2.75) is 51.0 Å². The standard InChI is InChI=1S/C20H23FN4O4S/c1-20(2,3)29-19(27)24-8-11(21)16-12(9-24)22-17(26)25(16)18-23-15-10-6-7-28-13(10)4-5-14(15)30-18/h4-5,11-12,16H,6-9H2,1-3H3,(H,22,26)/t11-,12-,16+/m0/s1. The minimum atomic E-state index is -1.42. The first-order valence-electron chi connectivity index (χ1n) is 9.98. The number of amides is 3. The van der Waals surface area contributed by atoms with E-state index in [9.17, 15) is 9.59 Å². The summed E-state index contributed by atoms with van der Waals surface area (Å²) in [6.07, 6.45) is -1.23. The van der Waals surface area contributed by atoms with E-state index >= 15 is 4.39 Å². The van der Waals surface area contributed by atoms with Crippen LogP contribution in [0.1, 0.15) is 26.3 Å². The summed E-state index contributed by atoms with van der Waals surface area (Å²) in [6, 6.07) is 2.18. The molecule has 0 radical (unpaired) electrons. The van der Waals surface area contributed by atoms with Crippen molar-refractivity contribution in [3.63, 3.8) is 0 Å². The van der Waals surface area contributed by atoms with Crippen molar-refractivity contribution >= 4 is 38.8 Å². The Kier molecular flexibility index (Phi) is 4.32. The van der Waals surface area contributed by atoms with Gasteiger partial charge in [0.05, 0.1) is 35.5 Å². The fraction of sp³-hybridized carbons (Fsp3) is 0.550. The van der Waals surface area contributed by atoms with Crippen LogP contribution in [0.2, 0.25) is 0 Å². The predicted octanol–water partition coefficient (Wildman–Crippen LogP) is 3.09. The van der Waals surface area contributed by atoms with Crippen LogP contribution in [0.25, 0.3) is 10.2 Å². The molecule has 3 aliphatic rings. The summed E-state index contributed by atoms with van der Waals surface area (Å²) in [7, 11) is 0. The van der Waals surface area contributed by atoms with E-state index in [4.69, 9.17) is 9.47 Å². The van der Waals surface area contributed by atoms with E-state index in [0.29, 0.717) is 11.7 Å². The molecule has 8 nitrogen and oxygen atoms in total. The first kappa shape index (κ1) is 19.3. The number of carbonyl (C=O) groups is 2. The number of nitrogens with zero attached hydrogens (tertiary/aromatic N) is 3. The molecule has 2 saturated heterocycles. The molecule has 0 bridgehead atoms. The Morgan fingerprint density at radius 1 is 1.37 bits per heavy atom. The van der Waals surface area contributed by atoms with Crippen LogP contribution in [-0.2, 0) is 11.2 Å². The Bertz CT molecular complexity index is 1040. The number of hydrogen-bond acceptors (Lipinski definition) is 6. The molecule has 5 rings (SSSR count). The van der Waals surface area contributed by atoms with Crippen molar-refractivity contribution in [1.82, 2.24) is 15.2 Å². The van der Waals surface area contributed by atoms with Gasteiger partial charge in [0, 0.05) is 18.5 Å². The van der Waals surface area contributed by atoms with Gasteiger partial charge in [-0.15, -0.1) is 0 Å². The van der Waals surface area contributed by atoms with Crippen LogP contribution < -0.4 is 15.0 Å². The van der Waals surface area contributed by atoms with Crippen LogP contribution in [0.4, 0.5) is 19.1 Å². The molecule has 1 aromatic carbocycles. The maximum Gasteiger partial charge on any atom is 0.410 e. The number of thiazole rings is 1. The Labute approximate surface area is 176 Å². The molecule has 0 saturated carbocycles. The zero-order chi connectivity index (χ0) is 21.2. The maximum absolute atomic E-state index is 15.2. The molecular weight excluding hydrogens is 411 g/mol. The van der Waals surface area contributed by atoms with Crippen LogP contribution in [0.5, 0.6) is 5.75 Å². The number of alkyl halides is 1. The number of ether oxygens (including phenoxy) is 2. The highest BCUT2D eigenvalue weighted by Crippen LogP contribution is 2.40. The zero-order valence-corrected chi connectivity index (χ0v) is 17.8. The number of rotatable bonds is 1. The molecule has 30 heavy (non-hydrogen) atoms. The van der Waals surface area contributed by atoms with Crippen LogP contribution in [-0.4, -0.2) is 65.6 Å². The Hall–Kier alpha value is -2.62. The molecule has 3 atom stereocenters. The monoisotopic (exact) mass is 434 g/mol. The third kappa shape index (κ3) is 3.13. The van der Waals surface area contributed by atoms with Crippen LogP contribution in [0, 0.1) is 0 Å². The first-order valence-corrected chi connectivity index (χ1v) is 10.8. The normalized spacial score (nSPS) is 25.7. The molecule has 2 aromatic rings. The number of halogens is 1. The Morgan fingerprint density at radius 3 is 2.93 bits per heavy atom. The van der Waals surface area contributed by atoms with Gasteiger partial charge in [-0.05, 0) is 32.9 Å². The largest absolute Gasteiger partial charge is 0.493 e. The number of benzene rings is 1. The van der Waals surface area contributed by atoms with Crippen molar-refractivity contribution < 1.29 is 23.5 Å². The minimum absolute atomic E-state index is 0.129. The van der Waals surface area contributed by atoms with Gasteiger partial charge in [-0.2, -0.15) is 0 Å². The molecule has 4 heterocycles. The zero-order valence-electron chi connectivity index (χ0n) is 17.0. The molecule has 1 N–H and O–H groups in total. The summed E-state index contributed by atoms with van der Waals surface area (Å²) >= 11 is 1.36. The molecule has 3 aliphatic heterocycles. The summed E-state index contributed by atoms with van der Waals surface area (Å²) in [4.78, 5) is 32.6. The van der Waals surface area contributed by atoms with E-state index in [1.165, 1.54) is 21.1 Å². The summed E-state index contributed by atoms with van der Waals surface area (Å²) < 4.78 is 27.1. The topological polar surface area (TPSA) is 84.0 Å². The van der Waals surface area contributed by atoms with Gasteiger partial charge in [-0.3, -0.25) is 4.90 Å². The third-order valence-corrected chi connectivity index (χ3v) is 6.52. The van der Waals surface area contributed by atoms with E-state index < -0.39 is 36.0 Å². The molecular formula is C20H23FN4O4S. The maximum atomic E-state index is 15.2. The number of anilines is 1. The highest BCUT2D eigenvalue weighted by atomic mass is 32.1. The molecule has 2 fully saturated rings. The lowest BCUT2D eigenvalue weighted by Gasteiger charge is -2.38. The lowest BCUT2D eigenvalue weighted by Crippen LogP contribution is -2.59.